The summed E-state index contributed by atoms with van der Waals surface area (Å²) in [6.45, 7) is 13.1. The molecule has 0 aromatic heterocycles. The molecule has 0 saturated heterocycles. The van der Waals surface area contributed by atoms with Gasteiger partial charge in [0.25, 0.3) is 46.9 Å². The van der Waals surface area contributed by atoms with Gasteiger partial charge in [-0.15, -0.1) is 0 Å². The molecule has 1 aliphatic carbocycles. The Morgan fingerprint density at radius 3 is 0.373 bits per heavy atom. The number of carbonyl (C=O) groups is 12. The predicted octanol–water partition coefficient (Wildman–Crippen LogP) is -3.99. The van der Waals surface area contributed by atoms with E-state index in [-0.39, 0.29) is 113 Å². The highest BCUT2D eigenvalue weighted by molar-refractivity contribution is 7.46. The molecule has 0 spiro atoms. The summed E-state index contributed by atoms with van der Waals surface area (Å²) in [5, 5.41) is 52.0. The van der Waals surface area contributed by atoms with Gasteiger partial charge in [0.15, 0.2) is 36.6 Å². The Morgan fingerprint density at radius 1 is 0.230 bits per heavy atom. The third kappa shape index (κ3) is 84.9. The summed E-state index contributed by atoms with van der Waals surface area (Å²) in [6.07, 6.45) is -22.6. The van der Waals surface area contributed by atoms with E-state index < -0.39 is 156 Å². The van der Waals surface area contributed by atoms with Crippen molar-refractivity contribution in [2.45, 2.75) is 192 Å². The van der Waals surface area contributed by atoms with Crippen molar-refractivity contribution in [2.75, 3.05) is 166 Å². The molecule has 60 heteroatoms. The summed E-state index contributed by atoms with van der Waals surface area (Å²) in [6, 6.07) is 0. The molecule has 54 nitrogen and oxygen atoms in total. The van der Waals surface area contributed by atoms with Crippen LogP contribution < -0.4 is 29.4 Å². The minimum absolute atomic E-state index is 0.138. The van der Waals surface area contributed by atoms with Crippen LogP contribution in [0.2, 0.25) is 0 Å². The van der Waals surface area contributed by atoms with E-state index in [1.54, 1.807) is 41.5 Å². The Morgan fingerprint density at radius 2 is 0.317 bits per heavy atom. The first-order valence-electron chi connectivity index (χ1n) is 37.7. The molecule has 0 amide bonds. The van der Waals surface area contributed by atoms with Crippen LogP contribution in [-0.4, -0.2) is 398 Å². The molecule has 744 valence electrons. The molecule has 0 bridgehead atoms. The van der Waals surface area contributed by atoms with Gasteiger partial charge in [0.1, 0.15) is 75.9 Å². The number of hydrogen-bond donors (Lipinski definition) is 12. The quantitative estimate of drug-likeness (QED) is 0.0120. The van der Waals surface area contributed by atoms with E-state index in [9.17, 15) is 114 Å². The maximum Gasteiger partial charge on any atom is 0.307 e. The lowest BCUT2D eigenvalue weighted by Gasteiger charge is -2.52. The molecule has 1 aliphatic rings. The predicted molar refractivity (Wildman–Crippen MR) is 420 cm³/mol. The van der Waals surface area contributed by atoms with Crippen LogP contribution in [0.25, 0.3) is 0 Å². The van der Waals surface area contributed by atoms with Crippen LogP contribution in [0.5, 0.6) is 0 Å². The Balaban J connectivity index is -0.000000347. The summed E-state index contributed by atoms with van der Waals surface area (Å²) >= 11 is 0. The number of rotatable bonds is 48. The summed E-state index contributed by atoms with van der Waals surface area (Å²) in [7, 11) is -3.45. The molecule has 0 aliphatic heterocycles. The minimum Gasteiger partial charge on any atom is -0.756 e. The number of carboxylic acids is 6. The highest BCUT2D eigenvalue weighted by Crippen LogP contribution is 2.54. The van der Waals surface area contributed by atoms with Crippen molar-refractivity contribution in [2.24, 2.45) is 0 Å². The van der Waals surface area contributed by atoms with Crippen LogP contribution in [0, 0.1) is 0 Å². The Kier molecular flexibility index (Phi) is 61.0. The molecule has 6 unspecified atom stereocenters. The van der Waals surface area contributed by atoms with Gasteiger partial charge in [-0.05, 0) is 0 Å². The third-order valence-corrected chi connectivity index (χ3v) is 17.0. The number of quaternary nitrogens is 6. The van der Waals surface area contributed by atoms with Gasteiger partial charge >= 0.3 is 71.6 Å². The largest absolute Gasteiger partial charge is 0.756 e. The first-order chi connectivity index (χ1) is 56.0. The fraction of sp³-hybridized carbons (Fsp3) is 0.818. The summed E-state index contributed by atoms with van der Waals surface area (Å²) in [5.74, 6) is -7.79. The highest BCUT2D eigenvalue weighted by atomic mass is 31.2. The van der Waals surface area contributed by atoms with E-state index in [0.29, 0.717) is 66.2 Å². The minimum atomic E-state index is -6.35. The van der Waals surface area contributed by atoms with Crippen LogP contribution in [-0.2, 0) is 140 Å². The molecule has 1 rings (SSSR count). The fourth-order valence-corrected chi connectivity index (χ4v) is 13.4. The molecule has 126 heavy (non-hydrogen) atoms. The molecule has 1 fully saturated rings. The van der Waals surface area contributed by atoms with Gasteiger partial charge in [-0.2, -0.15) is 0 Å². The zero-order valence-electron chi connectivity index (χ0n) is 75.1. The molecule has 0 radical (unpaired) electrons. The number of phosphoric acid groups is 6. The number of aliphatic carboxylic acids is 6. The van der Waals surface area contributed by atoms with Crippen molar-refractivity contribution in [3.8, 4) is 0 Å². The second-order valence-corrected chi connectivity index (χ2v) is 40.3. The number of hydrogen-bond acceptors (Lipinski definition) is 36. The number of phosphoric ester groups is 6. The molecule has 12 N–H and O–H groups in total. The lowest BCUT2D eigenvalue weighted by atomic mass is 9.85. The van der Waals surface area contributed by atoms with E-state index in [1.165, 1.54) is 0 Å². The van der Waals surface area contributed by atoms with Crippen molar-refractivity contribution in [3.05, 3.63) is 0 Å². The van der Waals surface area contributed by atoms with Gasteiger partial charge in [0.2, 0.25) is 0 Å². The summed E-state index contributed by atoms with van der Waals surface area (Å²) in [5.41, 5.74) is 0. The van der Waals surface area contributed by atoms with E-state index in [0.717, 1.165) is 0 Å². The molecule has 12 atom stereocenters. The number of likely N-dealkylation sites (N-methyl/N-ethyl adjacent to an activating group) is 6. The molecular formula is C66H132N6O48P6. The van der Waals surface area contributed by atoms with Gasteiger partial charge in [-0.1, -0.05) is 41.5 Å². The summed E-state index contributed by atoms with van der Waals surface area (Å²) in [4.78, 5) is 251. The number of carboxylic acid groups (broad SMARTS) is 6. The molecular weight excluding hydrogens is 1830 g/mol. The fourth-order valence-electron chi connectivity index (χ4n) is 10.1. The SMILES string of the molecule is CCC(=O)O[C@@H](CC(=O)O)C[N+](C)(C)C.CCC(=O)O[C@@H](CC(=O)O)C[N+](C)(C)C.CCC(=O)O[C@@H](CC(=O)O)C[N+](C)(C)C.CCC(=O)O[C@@H](CC(=O)O)C[N+](C)(C)C.CCC(=O)O[C@@H](CC(=O)O)C[N+](C)(C)C.CCC(=O)O[C@@H](CC(=O)O)C[N+](C)(C)C.O=P([O-])(O)OC1C(OP(=O)([O-])O)C(OP(=O)([O-])O)C(OP(=O)([O-])O)C(OP(=O)([O-])O)C1OP(=O)([O-])O. The van der Waals surface area contributed by atoms with Gasteiger partial charge in [-0.3, -0.25) is 84.9 Å². The van der Waals surface area contributed by atoms with E-state index >= 15 is 0 Å². The second-order valence-electron chi connectivity index (χ2n) is 33.4. The molecule has 1 saturated carbocycles. The third-order valence-electron chi connectivity index (χ3n) is 13.9. The average molecular weight is 1960 g/mol. The Hall–Kier alpha value is -5.94. The lowest BCUT2D eigenvalue weighted by molar-refractivity contribution is -0.873. The highest BCUT2D eigenvalue weighted by Gasteiger charge is 2.60. The monoisotopic (exact) mass is 1960 g/mol. The molecule has 0 aromatic carbocycles. The average Bonchev–Trinajstić information content (AvgIpc) is 0.742. The van der Waals surface area contributed by atoms with Crippen molar-refractivity contribution in [3.63, 3.8) is 0 Å². The van der Waals surface area contributed by atoms with Crippen molar-refractivity contribution in [1.82, 2.24) is 0 Å². The number of ether oxygens (including phenoxy) is 6. The van der Waals surface area contributed by atoms with Gasteiger partial charge in [0, 0.05) is 38.5 Å². The Labute approximate surface area is 730 Å². The zero-order chi connectivity index (χ0) is 101. The van der Waals surface area contributed by atoms with Crippen LogP contribution in [0.15, 0.2) is 0 Å². The number of nitrogens with zero attached hydrogens (tertiary/aromatic N) is 6. The first-order valence-corrected chi connectivity index (χ1v) is 46.6. The zero-order valence-corrected chi connectivity index (χ0v) is 80.5. The second kappa shape index (κ2) is 58.8. The lowest BCUT2D eigenvalue weighted by Crippen LogP contribution is -2.67. The van der Waals surface area contributed by atoms with Crippen LogP contribution in [0.4, 0.5) is 0 Å². The smallest absolute Gasteiger partial charge is 0.307 e. The normalized spacial score (nSPS) is 20.2. The maximum absolute atomic E-state index is 11.3. The van der Waals surface area contributed by atoms with Gasteiger partial charge < -0.3 is 172 Å². The Bertz CT molecular complexity index is 3070. The molecule has 0 aromatic rings. The number of esters is 6. The van der Waals surface area contributed by atoms with Crippen molar-refractivity contribution < 1.29 is 257 Å². The maximum atomic E-state index is 11.3. The topological polar surface area (TPSA) is 799 Å². The number of carbonyl (C=O) groups excluding carboxylic acids is 6. The van der Waals surface area contributed by atoms with Crippen molar-refractivity contribution >= 4 is 119 Å². The standard InChI is InChI=1S/6C10H19NO4.C6H18O24P6/c6*1-5-10(14)15-8(6-9(12)13)7-11(2,3)4;7-31(8,9)25-1-2(26-32(10,11)12)4(28-34(16,17)18)6(30-36(22,23)24)5(29-35(19,20)21)3(1)27-33(13,14)15/h6*8H,5-7H2,1-4H3;1-6H,(H2,7,8,9)(H2,10,11,12)(H2,13,14,15)(H2,16,17,18)(H2,19,20,21)(H2,22,23,24)/t6*8-;/m000000./s1. The van der Waals surface area contributed by atoms with E-state index in [1.807, 2.05) is 127 Å². The van der Waals surface area contributed by atoms with Crippen LogP contribution in [0.1, 0.15) is 119 Å². The van der Waals surface area contributed by atoms with Crippen molar-refractivity contribution in [1.29, 1.82) is 0 Å². The van der Waals surface area contributed by atoms with Gasteiger partial charge in [-0.25, -0.2) is 0 Å². The molecule has 0 heterocycles. The van der Waals surface area contributed by atoms with E-state index in [2.05, 4.69) is 27.1 Å². The van der Waals surface area contributed by atoms with E-state index in [4.69, 9.17) is 88.4 Å². The summed E-state index contributed by atoms with van der Waals surface area (Å²) < 4.78 is 124. The van der Waals surface area contributed by atoms with Crippen LogP contribution in [0.3, 0.4) is 0 Å². The van der Waals surface area contributed by atoms with Gasteiger partial charge in [0.05, 0.1) is 165 Å². The first kappa shape index (κ1) is 131. The van der Waals surface area contributed by atoms with Crippen LogP contribution >= 0.6 is 46.9 Å².